The first-order valence-electron chi connectivity index (χ1n) is 4.60. The molecule has 82 valence electrons. The lowest BCUT2D eigenvalue weighted by Crippen LogP contribution is -2.44. The third kappa shape index (κ3) is 1.96. The molecular weight excluding hydrogens is 224 g/mol. The predicted octanol–water partition coefficient (Wildman–Crippen LogP) is 0.646. The van der Waals surface area contributed by atoms with E-state index < -0.39 is 0 Å². The fourth-order valence-electron chi connectivity index (χ4n) is 1.45. The highest BCUT2D eigenvalue weighted by Crippen LogP contribution is 2.16. The zero-order valence-corrected chi connectivity index (χ0v) is 9.10. The minimum absolute atomic E-state index is 0.0215. The summed E-state index contributed by atoms with van der Waals surface area (Å²) in [5.41, 5.74) is 11.4. The Bertz CT molecular complexity index is 548. The van der Waals surface area contributed by atoms with Crippen molar-refractivity contribution in [1.82, 2.24) is 15.8 Å². The summed E-state index contributed by atoms with van der Waals surface area (Å²) in [4.78, 5) is 14.7. The van der Waals surface area contributed by atoms with Crippen LogP contribution in [0.2, 0.25) is 0 Å². The number of para-hydroxylation sites is 1. The van der Waals surface area contributed by atoms with Crippen molar-refractivity contribution in [2.75, 3.05) is 0 Å². The molecule has 2 rings (SSSR count). The van der Waals surface area contributed by atoms with Gasteiger partial charge in [-0.05, 0) is 18.3 Å². The van der Waals surface area contributed by atoms with Crippen molar-refractivity contribution in [3.63, 3.8) is 0 Å². The molecule has 1 amide bonds. The summed E-state index contributed by atoms with van der Waals surface area (Å²) in [7, 11) is 0. The lowest BCUT2D eigenvalue weighted by atomic mass is 10.2. The zero-order valence-electron chi connectivity index (χ0n) is 8.28. The number of hydrogen-bond acceptors (Lipinski definition) is 2. The molecule has 0 aliphatic carbocycles. The number of aromatic amines is 1. The third-order valence-electron chi connectivity index (χ3n) is 2.13. The van der Waals surface area contributed by atoms with Crippen LogP contribution in [0.25, 0.3) is 10.9 Å². The fourth-order valence-corrected chi connectivity index (χ4v) is 1.50. The summed E-state index contributed by atoms with van der Waals surface area (Å²) in [6, 6.07) is 7.52. The van der Waals surface area contributed by atoms with Crippen LogP contribution in [0, 0.1) is 0 Å². The maximum absolute atomic E-state index is 11.7. The van der Waals surface area contributed by atoms with Gasteiger partial charge in [0.25, 0.3) is 5.91 Å². The Morgan fingerprint density at radius 3 is 2.81 bits per heavy atom. The van der Waals surface area contributed by atoms with Gasteiger partial charge < -0.3 is 10.7 Å². The predicted molar refractivity (Wildman–Crippen MR) is 65.7 cm³/mol. The standard InChI is InChI=1S/C10H10N4OS/c11-10(16)14-13-9(15)7-5-12-8-4-2-1-3-6(7)8/h1-5,12H,(H,13,15)(H3,11,14,16). The molecule has 5 nitrogen and oxygen atoms in total. The van der Waals surface area contributed by atoms with Crippen LogP contribution in [-0.2, 0) is 0 Å². The lowest BCUT2D eigenvalue weighted by molar-refractivity contribution is 0.0945. The van der Waals surface area contributed by atoms with Gasteiger partial charge in [0.2, 0.25) is 0 Å². The molecule has 16 heavy (non-hydrogen) atoms. The monoisotopic (exact) mass is 234 g/mol. The Morgan fingerprint density at radius 2 is 2.06 bits per heavy atom. The number of carbonyl (C=O) groups is 1. The van der Waals surface area contributed by atoms with E-state index in [2.05, 4.69) is 28.1 Å². The first kappa shape index (κ1) is 10.4. The second kappa shape index (κ2) is 4.19. The van der Waals surface area contributed by atoms with E-state index >= 15 is 0 Å². The summed E-state index contributed by atoms with van der Waals surface area (Å²) < 4.78 is 0. The molecule has 0 atom stereocenters. The maximum atomic E-state index is 11.7. The Kier molecular flexibility index (Phi) is 2.74. The number of rotatable bonds is 1. The Hall–Kier alpha value is -2.08. The van der Waals surface area contributed by atoms with Crippen LogP contribution in [0.4, 0.5) is 0 Å². The van der Waals surface area contributed by atoms with Crippen molar-refractivity contribution in [3.8, 4) is 0 Å². The van der Waals surface area contributed by atoms with Gasteiger partial charge in [-0.2, -0.15) is 0 Å². The summed E-state index contributed by atoms with van der Waals surface area (Å²) in [5, 5.41) is 0.873. The smallest absolute Gasteiger partial charge is 0.271 e. The molecule has 0 saturated heterocycles. The van der Waals surface area contributed by atoms with Crippen LogP contribution < -0.4 is 16.6 Å². The van der Waals surface area contributed by atoms with Gasteiger partial charge in [-0.25, -0.2) is 0 Å². The minimum atomic E-state index is -0.287. The van der Waals surface area contributed by atoms with E-state index in [0.29, 0.717) is 5.56 Å². The molecule has 0 aliphatic rings. The largest absolute Gasteiger partial charge is 0.375 e. The van der Waals surface area contributed by atoms with E-state index in [1.54, 1.807) is 6.20 Å². The number of H-pyrrole nitrogens is 1. The molecule has 1 aromatic carbocycles. The van der Waals surface area contributed by atoms with E-state index in [-0.39, 0.29) is 11.0 Å². The molecule has 6 heteroatoms. The van der Waals surface area contributed by atoms with Crippen molar-refractivity contribution in [2.24, 2.45) is 5.73 Å². The summed E-state index contributed by atoms with van der Waals surface area (Å²) >= 11 is 4.58. The second-order valence-corrected chi connectivity index (χ2v) is 3.63. The van der Waals surface area contributed by atoms with E-state index in [0.717, 1.165) is 10.9 Å². The molecule has 0 saturated carbocycles. The van der Waals surface area contributed by atoms with Crippen molar-refractivity contribution in [2.45, 2.75) is 0 Å². The number of carbonyl (C=O) groups excluding carboxylic acids is 1. The van der Waals surface area contributed by atoms with Crippen LogP contribution in [-0.4, -0.2) is 16.0 Å². The summed E-state index contributed by atoms with van der Waals surface area (Å²) in [6.07, 6.45) is 1.64. The van der Waals surface area contributed by atoms with Gasteiger partial charge in [-0.3, -0.25) is 15.6 Å². The van der Waals surface area contributed by atoms with Crippen LogP contribution in [0.1, 0.15) is 10.4 Å². The van der Waals surface area contributed by atoms with Crippen molar-refractivity contribution in [3.05, 3.63) is 36.0 Å². The van der Waals surface area contributed by atoms with Gasteiger partial charge in [-0.1, -0.05) is 18.2 Å². The highest BCUT2D eigenvalue weighted by Gasteiger charge is 2.10. The van der Waals surface area contributed by atoms with Crippen LogP contribution in [0.15, 0.2) is 30.5 Å². The van der Waals surface area contributed by atoms with Gasteiger partial charge in [0, 0.05) is 17.1 Å². The number of benzene rings is 1. The molecule has 1 heterocycles. The van der Waals surface area contributed by atoms with Crippen molar-refractivity contribution < 1.29 is 4.79 Å². The molecule has 5 N–H and O–H groups in total. The Balaban J connectivity index is 2.26. The quantitative estimate of drug-likeness (QED) is 0.431. The van der Waals surface area contributed by atoms with Crippen LogP contribution in [0.3, 0.4) is 0 Å². The number of hydrazine groups is 1. The Labute approximate surface area is 97.0 Å². The third-order valence-corrected chi connectivity index (χ3v) is 2.24. The zero-order chi connectivity index (χ0) is 11.5. The van der Waals surface area contributed by atoms with Gasteiger partial charge in [0.05, 0.1) is 5.56 Å². The minimum Gasteiger partial charge on any atom is -0.375 e. The van der Waals surface area contributed by atoms with Crippen LogP contribution >= 0.6 is 12.2 Å². The van der Waals surface area contributed by atoms with E-state index in [1.807, 2.05) is 24.3 Å². The SMILES string of the molecule is NC(=S)NNC(=O)c1c[nH]c2ccccc12. The average Bonchev–Trinajstić information content (AvgIpc) is 2.69. The van der Waals surface area contributed by atoms with Gasteiger partial charge in [0.15, 0.2) is 5.11 Å². The van der Waals surface area contributed by atoms with Crippen molar-refractivity contribution in [1.29, 1.82) is 0 Å². The number of nitrogens with two attached hydrogens (primary N) is 1. The number of aromatic nitrogens is 1. The second-order valence-electron chi connectivity index (χ2n) is 3.19. The number of nitrogens with one attached hydrogen (secondary N) is 3. The molecule has 2 aromatic rings. The van der Waals surface area contributed by atoms with E-state index in [4.69, 9.17) is 5.73 Å². The first-order valence-corrected chi connectivity index (χ1v) is 5.01. The summed E-state index contributed by atoms with van der Waals surface area (Å²) in [6.45, 7) is 0. The van der Waals surface area contributed by atoms with Gasteiger partial charge in [0.1, 0.15) is 0 Å². The molecule has 0 fully saturated rings. The molecule has 0 spiro atoms. The summed E-state index contributed by atoms with van der Waals surface area (Å²) in [5.74, 6) is -0.287. The normalized spacial score (nSPS) is 10.0. The van der Waals surface area contributed by atoms with Crippen LogP contribution in [0.5, 0.6) is 0 Å². The molecule has 0 bridgehead atoms. The topological polar surface area (TPSA) is 82.9 Å². The van der Waals surface area contributed by atoms with E-state index in [9.17, 15) is 4.79 Å². The highest BCUT2D eigenvalue weighted by atomic mass is 32.1. The van der Waals surface area contributed by atoms with Crippen molar-refractivity contribution >= 4 is 34.1 Å². The maximum Gasteiger partial charge on any atom is 0.271 e. The number of hydrogen-bond donors (Lipinski definition) is 4. The fraction of sp³-hybridized carbons (Fsp3) is 0. The number of thiocarbonyl (C=S) groups is 1. The molecule has 0 aliphatic heterocycles. The average molecular weight is 234 g/mol. The van der Waals surface area contributed by atoms with Gasteiger partial charge >= 0.3 is 0 Å². The number of amides is 1. The molecule has 1 aromatic heterocycles. The first-order chi connectivity index (χ1) is 7.68. The molecular formula is C10H10N4OS. The van der Waals surface area contributed by atoms with Gasteiger partial charge in [-0.15, -0.1) is 0 Å². The lowest BCUT2D eigenvalue weighted by Gasteiger charge is -2.04. The highest BCUT2D eigenvalue weighted by molar-refractivity contribution is 7.80. The number of fused-ring (bicyclic) bond motifs is 1. The Morgan fingerprint density at radius 1 is 1.31 bits per heavy atom. The molecule has 0 radical (unpaired) electrons. The molecule has 0 unspecified atom stereocenters. The van der Waals surface area contributed by atoms with E-state index in [1.165, 1.54) is 0 Å².